The maximum Gasteiger partial charge on any atom is 0.165 e. The molecule has 6 nitrogen and oxygen atoms in total. The Hall–Kier alpha value is -2.05. The molecular weight excluding hydrogens is 304 g/mol. The molecule has 2 heterocycles. The summed E-state index contributed by atoms with van der Waals surface area (Å²) in [7, 11) is 5.43. The van der Waals surface area contributed by atoms with E-state index < -0.39 is 0 Å². The summed E-state index contributed by atoms with van der Waals surface area (Å²) >= 11 is 0. The normalized spacial score (nSPS) is 16.3. The number of methoxy groups -OCH3 is 2. The Bertz CT molecular complexity index is 663. The Labute approximate surface area is 143 Å². The fourth-order valence-corrected chi connectivity index (χ4v) is 3.17. The van der Waals surface area contributed by atoms with Crippen LogP contribution in [0.25, 0.3) is 0 Å². The second kappa shape index (κ2) is 7.68. The number of aromatic nitrogens is 2. The molecule has 1 aromatic carbocycles. The summed E-state index contributed by atoms with van der Waals surface area (Å²) in [4.78, 5) is 9.34. The van der Waals surface area contributed by atoms with Crippen molar-refractivity contribution in [3.05, 3.63) is 42.0 Å². The zero-order chi connectivity index (χ0) is 16.9. The van der Waals surface area contributed by atoms with Gasteiger partial charge < -0.3 is 14.0 Å². The molecule has 1 aliphatic rings. The van der Waals surface area contributed by atoms with Gasteiger partial charge in [-0.15, -0.1) is 0 Å². The molecule has 0 aliphatic carbocycles. The Morgan fingerprint density at radius 3 is 2.29 bits per heavy atom. The average molecular weight is 330 g/mol. The maximum absolute atomic E-state index is 5.54. The van der Waals surface area contributed by atoms with E-state index in [9.17, 15) is 0 Å². The summed E-state index contributed by atoms with van der Waals surface area (Å²) in [5.74, 6) is 2.76. The zero-order valence-electron chi connectivity index (χ0n) is 14.7. The van der Waals surface area contributed by atoms with Gasteiger partial charge in [0.1, 0.15) is 5.82 Å². The van der Waals surface area contributed by atoms with E-state index >= 15 is 0 Å². The number of para-hydroxylation sites is 1. The Kier molecular flexibility index (Phi) is 5.37. The van der Waals surface area contributed by atoms with Crippen molar-refractivity contribution < 1.29 is 9.47 Å². The van der Waals surface area contributed by atoms with Gasteiger partial charge in [-0.05, 0) is 6.07 Å². The molecule has 0 unspecified atom stereocenters. The number of benzene rings is 1. The summed E-state index contributed by atoms with van der Waals surface area (Å²) in [5.41, 5.74) is 1.18. The van der Waals surface area contributed by atoms with Gasteiger partial charge in [-0.3, -0.25) is 9.80 Å². The molecule has 3 rings (SSSR count). The molecule has 24 heavy (non-hydrogen) atoms. The van der Waals surface area contributed by atoms with E-state index in [4.69, 9.17) is 9.47 Å². The highest BCUT2D eigenvalue weighted by molar-refractivity contribution is 5.46. The Morgan fingerprint density at radius 2 is 1.71 bits per heavy atom. The number of aryl methyl sites for hydroxylation is 1. The van der Waals surface area contributed by atoms with Gasteiger partial charge in [0.25, 0.3) is 0 Å². The number of hydrogen-bond donors (Lipinski definition) is 0. The lowest BCUT2D eigenvalue weighted by Gasteiger charge is -2.34. The smallest absolute Gasteiger partial charge is 0.165 e. The largest absolute Gasteiger partial charge is 0.493 e. The number of ether oxygens (including phenoxy) is 2. The van der Waals surface area contributed by atoms with Gasteiger partial charge in [0.05, 0.1) is 20.8 Å². The highest BCUT2D eigenvalue weighted by Crippen LogP contribution is 2.31. The third kappa shape index (κ3) is 3.71. The number of nitrogens with zero attached hydrogens (tertiary/aromatic N) is 4. The molecule has 0 amide bonds. The van der Waals surface area contributed by atoms with E-state index in [1.165, 1.54) is 5.56 Å². The van der Waals surface area contributed by atoms with Gasteiger partial charge in [0.2, 0.25) is 0 Å². The fourth-order valence-electron chi connectivity index (χ4n) is 3.17. The first-order valence-electron chi connectivity index (χ1n) is 8.32. The van der Waals surface area contributed by atoms with E-state index in [1.54, 1.807) is 14.2 Å². The molecule has 0 radical (unpaired) electrons. The topological polar surface area (TPSA) is 42.8 Å². The number of rotatable bonds is 6. The first kappa shape index (κ1) is 16.8. The fraction of sp³-hybridized carbons (Fsp3) is 0.500. The molecule has 2 aromatic rings. The summed E-state index contributed by atoms with van der Waals surface area (Å²) < 4.78 is 13.0. The monoisotopic (exact) mass is 330 g/mol. The third-order valence-corrected chi connectivity index (χ3v) is 4.63. The van der Waals surface area contributed by atoms with E-state index in [2.05, 4.69) is 25.4 Å². The predicted octanol–water partition coefficient (Wildman–Crippen LogP) is 1.76. The lowest BCUT2D eigenvalue weighted by molar-refractivity contribution is 0.118. The molecule has 0 saturated carbocycles. The Balaban J connectivity index is 1.57. The molecule has 1 saturated heterocycles. The van der Waals surface area contributed by atoms with Crippen molar-refractivity contribution >= 4 is 0 Å². The van der Waals surface area contributed by atoms with Crippen LogP contribution in [0.1, 0.15) is 11.4 Å². The maximum atomic E-state index is 5.54. The Morgan fingerprint density at radius 1 is 1.00 bits per heavy atom. The molecule has 0 atom stereocenters. The van der Waals surface area contributed by atoms with Gasteiger partial charge >= 0.3 is 0 Å². The second-order valence-corrected chi connectivity index (χ2v) is 6.16. The van der Waals surface area contributed by atoms with Crippen LogP contribution in [0.5, 0.6) is 11.5 Å². The minimum absolute atomic E-state index is 0.795. The van der Waals surface area contributed by atoms with Crippen LogP contribution < -0.4 is 9.47 Å². The van der Waals surface area contributed by atoms with Crippen LogP contribution >= 0.6 is 0 Å². The van der Waals surface area contributed by atoms with Gasteiger partial charge in [0, 0.05) is 57.7 Å². The summed E-state index contributed by atoms with van der Waals surface area (Å²) in [5, 5.41) is 0. The van der Waals surface area contributed by atoms with Crippen molar-refractivity contribution in [1.29, 1.82) is 0 Å². The van der Waals surface area contributed by atoms with Crippen LogP contribution in [0.2, 0.25) is 0 Å². The van der Waals surface area contributed by atoms with Crippen LogP contribution in [0.3, 0.4) is 0 Å². The van der Waals surface area contributed by atoms with Gasteiger partial charge in [-0.2, -0.15) is 0 Å². The van der Waals surface area contributed by atoms with E-state index in [0.29, 0.717) is 0 Å². The standard InChI is InChI=1S/C18H26N4O2/c1-20-8-7-19-17(20)14-22-11-9-21(10-12-22)13-15-5-4-6-16(23-2)18(15)24-3/h4-8H,9-14H2,1-3H3. The molecule has 1 aromatic heterocycles. The lowest BCUT2D eigenvalue weighted by Crippen LogP contribution is -2.45. The van der Waals surface area contributed by atoms with Crippen LogP contribution in [-0.4, -0.2) is 59.7 Å². The van der Waals surface area contributed by atoms with Gasteiger partial charge in [-0.1, -0.05) is 12.1 Å². The molecule has 0 N–H and O–H groups in total. The van der Waals surface area contributed by atoms with Crippen molar-refractivity contribution in [2.24, 2.45) is 7.05 Å². The predicted molar refractivity (Wildman–Crippen MR) is 93.3 cm³/mol. The number of hydrogen-bond acceptors (Lipinski definition) is 5. The molecule has 0 bridgehead atoms. The highest BCUT2D eigenvalue weighted by Gasteiger charge is 2.20. The van der Waals surface area contributed by atoms with E-state index in [1.807, 2.05) is 31.6 Å². The molecule has 130 valence electrons. The van der Waals surface area contributed by atoms with Gasteiger partial charge in [-0.25, -0.2) is 4.98 Å². The average Bonchev–Trinajstić information content (AvgIpc) is 3.01. The summed E-state index contributed by atoms with van der Waals surface area (Å²) in [6, 6.07) is 6.07. The van der Waals surface area contributed by atoms with Crippen molar-refractivity contribution in [3.8, 4) is 11.5 Å². The molecule has 1 fully saturated rings. The minimum atomic E-state index is 0.795. The summed E-state index contributed by atoms with van der Waals surface area (Å²) in [6.07, 6.45) is 3.86. The number of piperazine rings is 1. The van der Waals surface area contributed by atoms with E-state index in [-0.39, 0.29) is 0 Å². The van der Waals surface area contributed by atoms with Crippen LogP contribution in [0.4, 0.5) is 0 Å². The minimum Gasteiger partial charge on any atom is -0.493 e. The van der Waals surface area contributed by atoms with Crippen molar-refractivity contribution in [2.45, 2.75) is 13.1 Å². The highest BCUT2D eigenvalue weighted by atomic mass is 16.5. The zero-order valence-corrected chi connectivity index (χ0v) is 14.7. The third-order valence-electron chi connectivity index (χ3n) is 4.63. The first-order chi connectivity index (χ1) is 11.7. The molecule has 6 heteroatoms. The van der Waals surface area contributed by atoms with Crippen LogP contribution in [0, 0.1) is 0 Å². The van der Waals surface area contributed by atoms with Crippen molar-refractivity contribution in [2.75, 3.05) is 40.4 Å². The van der Waals surface area contributed by atoms with E-state index in [0.717, 1.165) is 56.6 Å². The second-order valence-electron chi connectivity index (χ2n) is 6.16. The number of imidazole rings is 1. The quantitative estimate of drug-likeness (QED) is 0.807. The lowest BCUT2D eigenvalue weighted by atomic mass is 10.1. The van der Waals surface area contributed by atoms with Crippen LogP contribution in [0.15, 0.2) is 30.6 Å². The SMILES string of the molecule is COc1cccc(CN2CCN(Cc3nccn3C)CC2)c1OC. The molecular formula is C18H26N4O2. The van der Waals surface area contributed by atoms with Crippen LogP contribution in [-0.2, 0) is 20.1 Å². The van der Waals surface area contributed by atoms with Crippen molar-refractivity contribution in [3.63, 3.8) is 0 Å². The molecule has 1 aliphatic heterocycles. The molecule has 0 spiro atoms. The summed E-state index contributed by atoms with van der Waals surface area (Å²) in [6.45, 7) is 6.00. The van der Waals surface area contributed by atoms with Crippen molar-refractivity contribution in [1.82, 2.24) is 19.4 Å². The van der Waals surface area contributed by atoms with Gasteiger partial charge in [0.15, 0.2) is 11.5 Å². The first-order valence-corrected chi connectivity index (χ1v) is 8.32.